The Labute approximate surface area is 138 Å². The van der Waals surface area contributed by atoms with Crippen molar-refractivity contribution in [1.29, 1.82) is 0 Å². The Morgan fingerprint density at radius 1 is 1.19 bits per heavy atom. The van der Waals surface area contributed by atoms with Crippen LogP contribution in [-0.4, -0.2) is 11.1 Å². The Kier molecular flexibility index (Phi) is 5.22. The molecule has 0 aliphatic carbocycles. The van der Waals surface area contributed by atoms with E-state index in [4.69, 9.17) is 4.74 Å². The first-order valence-electron chi connectivity index (χ1n) is 6.72. The van der Waals surface area contributed by atoms with Gasteiger partial charge in [-0.15, -0.1) is 0 Å². The van der Waals surface area contributed by atoms with Crippen LogP contribution < -0.4 is 4.74 Å². The van der Waals surface area contributed by atoms with E-state index in [1.165, 1.54) is 5.56 Å². The van der Waals surface area contributed by atoms with Gasteiger partial charge in [-0.25, -0.2) is 4.79 Å². The summed E-state index contributed by atoms with van der Waals surface area (Å²) in [5, 5.41) is 9.20. The number of aromatic carboxylic acids is 1. The lowest BCUT2D eigenvalue weighted by atomic mass is 10.0. The smallest absolute Gasteiger partial charge is 0.339 e. The Balaban J connectivity index is 2.11. The van der Waals surface area contributed by atoms with E-state index < -0.39 is 5.97 Å². The maximum atomic E-state index is 11.2. The quantitative estimate of drug-likeness (QED) is 0.746. The number of hydrogen-bond donors (Lipinski definition) is 1. The van der Waals surface area contributed by atoms with Crippen molar-refractivity contribution < 1.29 is 14.6 Å². The SMILES string of the molecule is CC(C)c1ccc(COc2ccc(I)cc2C(=O)O)cc1. The maximum Gasteiger partial charge on any atom is 0.339 e. The highest BCUT2D eigenvalue weighted by Gasteiger charge is 2.12. The third-order valence-electron chi connectivity index (χ3n) is 3.21. The molecule has 0 bridgehead atoms. The summed E-state index contributed by atoms with van der Waals surface area (Å²) < 4.78 is 6.53. The van der Waals surface area contributed by atoms with Gasteiger partial charge >= 0.3 is 5.97 Å². The largest absolute Gasteiger partial charge is 0.488 e. The zero-order valence-electron chi connectivity index (χ0n) is 12.0. The van der Waals surface area contributed by atoms with Crippen molar-refractivity contribution >= 4 is 28.6 Å². The molecule has 0 saturated carbocycles. The van der Waals surface area contributed by atoms with Crippen molar-refractivity contribution in [1.82, 2.24) is 0 Å². The number of carboxylic acid groups (broad SMARTS) is 1. The van der Waals surface area contributed by atoms with Crippen molar-refractivity contribution in [2.45, 2.75) is 26.4 Å². The Morgan fingerprint density at radius 2 is 1.86 bits per heavy atom. The van der Waals surface area contributed by atoms with Crippen LogP contribution in [0.3, 0.4) is 0 Å². The van der Waals surface area contributed by atoms with Crippen LogP contribution in [0, 0.1) is 3.57 Å². The second kappa shape index (κ2) is 6.93. The highest BCUT2D eigenvalue weighted by atomic mass is 127. The van der Waals surface area contributed by atoms with Crippen LogP contribution in [0.15, 0.2) is 42.5 Å². The molecule has 0 saturated heterocycles. The van der Waals surface area contributed by atoms with E-state index in [-0.39, 0.29) is 5.56 Å². The predicted octanol–water partition coefficient (Wildman–Crippen LogP) is 4.69. The van der Waals surface area contributed by atoms with Crippen molar-refractivity contribution in [3.8, 4) is 5.75 Å². The summed E-state index contributed by atoms with van der Waals surface area (Å²) in [7, 11) is 0. The van der Waals surface area contributed by atoms with Gasteiger partial charge in [0.1, 0.15) is 17.9 Å². The van der Waals surface area contributed by atoms with E-state index >= 15 is 0 Å². The second-order valence-corrected chi connectivity index (χ2v) is 6.38. The van der Waals surface area contributed by atoms with Crippen molar-refractivity contribution in [2.75, 3.05) is 0 Å². The second-order valence-electron chi connectivity index (χ2n) is 5.13. The van der Waals surface area contributed by atoms with Crippen molar-refractivity contribution in [2.24, 2.45) is 0 Å². The van der Waals surface area contributed by atoms with E-state index in [0.29, 0.717) is 18.3 Å². The number of halogens is 1. The van der Waals surface area contributed by atoms with Gasteiger partial charge in [-0.1, -0.05) is 38.1 Å². The number of carboxylic acids is 1. The number of ether oxygens (including phenoxy) is 1. The Hall–Kier alpha value is -1.56. The number of rotatable bonds is 5. The molecule has 0 fully saturated rings. The molecule has 2 aromatic rings. The average molecular weight is 396 g/mol. The molecule has 0 spiro atoms. The van der Waals surface area contributed by atoms with Crippen molar-refractivity contribution in [3.05, 3.63) is 62.7 Å². The topological polar surface area (TPSA) is 46.5 Å². The molecule has 0 aliphatic heterocycles. The van der Waals surface area contributed by atoms with Crippen LogP contribution in [-0.2, 0) is 6.61 Å². The zero-order valence-corrected chi connectivity index (χ0v) is 14.1. The monoisotopic (exact) mass is 396 g/mol. The summed E-state index contributed by atoms with van der Waals surface area (Å²) in [4.78, 5) is 11.2. The normalized spacial score (nSPS) is 10.7. The fourth-order valence-electron chi connectivity index (χ4n) is 1.96. The minimum atomic E-state index is -0.973. The lowest BCUT2D eigenvalue weighted by Crippen LogP contribution is -2.04. The Morgan fingerprint density at radius 3 is 2.43 bits per heavy atom. The first kappa shape index (κ1) is 15.8. The number of hydrogen-bond acceptors (Lipinski definition) is 2. The molecule has 2 rings (SSSR count). The number of benzene rings is 2. The van der Waals surface area contributed by atoms with E-state index in [0.717, 1.165) is 9.13 Å². The van der Waals surface area contributed by atoms with Crippen LogP contribution in [0.4, 0.5) is 0 Å². The van der Waals surface area contributed by atoms with Gasteiger partial charge in [0.2, 0.25) is 0 Å². The summed E-state index contributed by atoms with van der Waals surface area (Å²) in [6, 6.07) is 13.3. The molecule has 110 valence electrons. The van der Waals surface area contributed by atoms with Crippen molar-refractivity contribution in [3.63, 3.8) is 0 Å². The standard InChI is InChI=1S/C17H17IO3/c1-11(2)13-5-3-12(4-6-13)10-21-16-8-7-14(18)9-15(16)17(19)20/h3-9,11H,10H2,1-2H3,(H,19,20). The lowest BCUT2D eigenvalue weighted by molar-refractivity contribution is 0.0691. The first-order chi connectivity index (χ1) is 9.97. The van der Waals surface area contributed by atoms with Gasteiger partial charge in [0.05, 0.1) is 0 Å². The lowest BCUT2D eigenvalue weighted by Gasteiger charge is -2.11. The molecule has 21 heavy (non-hydrogen) atoms. The molecule has 3 nitrogen and oxygen atoms in total. The van der Waals surface area contributed by atoms with Gasteiger partial charge in [-0.3, -0.25) is 0 Å². The molecule has 0 unspecified atom stereocenters. The molecule has 4 heteroatoms. The van der Waals surface area contributed by atoms with Gasteiger partial charge in [0, 0.05) is 3.57 Å². The fourth-order valence-corrected chi connectivity index (χ4v) is 2.45. The van der Waals surface area contributed by atoms with E-state index in [1.807, 2.05) is 18.2 Å². The minimum Gasteiger partial charge on any atom is -0.488 e. The fraction of sp³-hybridized carbons (Fsp3) is 0.235. The Bertz CT molecular complexity index is 633. The molecule has 0 aliphatic rings. The molecule has 0 atom stereocenters. The molecule has 0 heterocycles. The van der Waals surface area contributed by atoms with Gasteiger partial charge in [-0.2, -0.15) is 0 Å². The zero-order chi connectivity index (χ0) is 15.4. The van der Waals surface area contributed by atoms with Crippen LogP contribution in [0.2, 0.25) is 0 Å². The maximum absolute atomic E-state index is 11.2. The third kappa shape index (κ3) is 4.20. The van der Waals surface area contributed by atoms with Crippen LogP contribution >= 0.6 is 22.6 Å². The summed E-state index contributed by atoms with van der Waals surface area (Å²) in [5.41, 5.74) is 2.49. The van der Waals surface area contributed by atoms with Gasteiger partial charge in [0.25, 0.3) is 0 Å². The van der Waals surface area contributed by atoms with Gasteiger partial charge in [0.15, 0.2) is 0 Å². The molecule has 1 N–H and O–H groups in total. The van der Waals surface area contributed by atoms with Gasteiger partial charge < -0.3 is 9.84 Å². The highest BCUT2D eigenvalue weighted by Crippen LogP contribution is 2.23. The highest BCUT2D eigenvalue weighted by molar-refractivity contribution is 14.1. The molecular formula is C17H17IO3. The molecule has 0 aromatic heterocycles. The average Bonchev–Trinajstić information content (AvgIpc) is 2.46. The predicted molar refractivity (Wildman–Crippen MR) is 91.0 cm³/mol. The van der Waals surface area contributed by atoms with Gasteiger partial charge in [-0.05, 0) is 57.8 Å². The number of carbonyl (C=O) groups is 1. The van der Waals surface area contributed by atoms with E-state index in [9.17, 15) is 9.90 Å². The van der Waals surface area contributed by atoms with E-state index in [2.05, 4.69) is 48.6 Å². The molecule has 0 amide bonds. The van der Waals surface area contributed by atoms with Crippen LogP contribution in [0.1, 0.15) is 41.3 Å². The summed E-state index contributed by atoms with van der Waals surface area (Å²) in [5.74, 6) is -0.0793. The third-order valence-corrected chi connectivity index (χ3v) is 3.88. The summed E-state index contributed by atoms with van der Waals surface area (Å²) in [6.07, 6.45) is 0. The first-order valence-corrected chi connectivity index (χ1v) is 7.79. The summed E-state index contributed by atoms with van der Waals surface area (Å²) in [6.45, 7) is 4.66. The van der Waals surface area contributed by atoms with E-state index in [1.54, 1.807) is 12.1 Å². The molecule has 0 radical (unpaired) electrons. The van der Waals surface area contributed by atoms with Crippen LogP contribution in [0.5, 0.6) is 5.75 Å². The minimum absolute atomic E-state index is 0.195. The molecule has 2 aromatic carbocycles. The molecular weight excluding hydrogens is 379 g/mol. The van der Waals surface area contributed by atoms with Crippen LogP contribution in [0.25, 0.3) is 0 Å². The summed E-state index contributed by atoms with van der Waals surface area (Å²) >= 11 is 2.09.